The highest BCUT2D eigenvalue weighted by molar-refractivity contribution is 6.35. The predicted molar refractivity (Wildman–Crippen MR) is 125 cm³/mol. The van der Waals surface area contributed by atoms with Crippen molar-refractivity contribution in [1.29, 1.82) is 0 Å². The summed E-state index contributed by atoms with van der Waals surface area (Å²) in [6.45, 7) is 7.97. The number of anilines is 1. The molecule has 4 rings (SSSR count). The van der Waals surface area contributed by atoms with Crippen molar-refractivity contribution in [2.45, 2.75) is 31.7 Å². The lowest BCUT2D eigenvalue weighted by Gasteiger charge is -2.35. The number of rotatable bonds is 7. The molecule has 8 heteroatoms. The van der Waals surface area contributed by atoms with E-state index in [1.165, 1.54) is 36.1 Å². The minimum absolute atomic E-state index is 0.0941. The molecule has 2 fully saturated rings. The molecule has 32 heavy (non-hydrogen) atoms. The molecule has 1 aromatic rings. The largest absolute Gasteiger partial charge is 0.379 e. The Balaban J connectivity index is 1.32. The van der Waals surface area contributed by atoms with Crippen molar-refractivity contribution in [1.82, 2.24) is 20.4 Å². The van der Waals surface area contributed by atoms with Gasteiger partial charge in [0, 0.05) is 52.0 Å². The second-order valence-electron chi connectivity index (χ2n) is 9.09. The molecular formula is C24H37N5O3. The van der Waals surface area contributed by atoms with E-state index in [-0.39, 0.29) is 6.04 Å². The van der Waals surface area contributed by atoms with Crippen molar-refractivity contribution in [2.24, 2.45) is 0 Å². The molecule has 0 aromatic heterocycles. The van der Waals surface area contributed by atoms with Gasteiger partial charge in [-0.25, -0.2) is 0 Å². The van der Waals surface area contributed by atoms with Gasteiger partial charge in [-0.2, -0.15) is 0 Å². The molecule has 2 amide bonds. The quantitative estimate of drug-likeness (QED) is 0.607. The number of carbonyl (C=O) groups excluding carboxylic acids is 2. The number of benzene rings is 1. The van der Waals surface area contributed by atoms with Crippen molar-refractivity contribution in [3.05, 3.63) is 29.3 Å². The fourth-order valence-electron chi connectivity index (χ4n) is 4.98. The minimum Gasteiger partial charge on any atom is -0.379 e. The fraction of sp³-hybridized carbons (Fsp3) is 0.667. The van der Waals surface area contributed by atoms with Crippen LogP contribution in [0.5, 0.6) is 0 Å². The summed E-state index contributed by atoms with van der Waals surface area (Å²) in [5.74, 6) is -1.10. The molecule has 2 N–H and O–H groups in total. The molecule has 0 unspecified atom stereocenters. The molecule has 0 saturated carbocycles. The van der Waals surface area contributed by atoms with Crippen LogP contribution in [0.15, 0.2) is 18.2 Å². The summed E-state index contributed by atoms with van der Waals surface area (Å²) in [5, 5.41) is 5.67. The van der Waals surface area contributed by atoms with Crippen molar-refractivity contribution in [2.75, 3.05) is 77.5 Å². The monoisotopic (exact) mass is 443 g/mol. The highest BCUT2D eigenvalue weighted by atomic mass is 16.5. The molecule has 176 valence electrons. The van der Waals surface area contributed by atoms with E-state index in [0.717, 1.165) is 58.9 Å². The van der Waals surface area contributed by atoms with Crippen LogP contribution in [0.4, 0.5) is 5.69 Å². The first-order valence-corrected chi connectivity index (χ1v) is 12.1. The molecule has 2 saturated heterocycles. The summed E-state index contributed by atoms with van der Waals surface area (Å²) >= 11 is 0. The topological polar surface area (TPSA) is 77.2 Å². The number of carbonyl (C=O) groups is 2. The molecule has 0 spiro atoms. The first-order valence-electron chi connectivity index (χ1n) is 12.1. The van der Waals surface area contributed by atoms with Crippen LogP contribution in [-0.2, 0) is 20.7 Å². The lowest BCUT2D eigenvalue weighted by Crippen LogP contribution is -2.47. The molecule has 1 atom stereocenters. The zero-order chi connectivity index (χ0) is 22.3. The van der Waals surface area contributed by atoms with Gasteiger partial charge in [-0.1, -0.05) is 18.6 Å². The van der Waals surface area contributed by atoms with E-state index in [2.05, 4.69) is 50.6 Å². The van der Waals surface area contributed by atoms with Crippen LogP contribution < -0.4 is 15.5 Å². The Morgan fingerprint density at radius 2 is 1.75 bits per heavy atom. The number of nitrogens with one attached hydrogen (secondary N) is 2. The van der Waals surface area contributed by atoms with Gasteiger partial charge in [0.15, 0.2) is 0 Å². The Hall–Kier alpha value is -2.16. The van der Waals surface area contributed by atoms with Crippen LogP contribution in [0.1, 0.15) is 36.4 Å². The van der Waals surface area contributed by atoms with Crippen molar-refractivity contribution >= 4 is 17.5 Å². The Morgan fingerprint density at radius 3 is 2.53 bits per heavy atom. The number of morpholine rings is 1. The van der Waals surface area contributed by atoms with Gasteiger partial charge in [0.2, 0.25) is 0 Å². The maximum absolute atomic E-state index is 12.5. The molecule has 8 nitrogen and oxygen atoms in total. The average molecular weight is 444 g/mol. The number of hydrogen-bond acceptors (Lipinski definition) is 6. The van der Waals surface area contributed by atoms with E-state index in [1.807, 2.05) is 0 Å². The molecule has 0 bridgehead atoms. The van der Waals surface area contributed by atoms with Gasteiger partial charge < -0.3 is 20.3 Å². The van der Waals surface area contributed by atoms with Gasteiger partial charge in [0.25, 0.3) is 0 Å². The first-order chi connectivity index (χ1) is 15.6. The van der Waals surface area contributed by atoms with Gasteiger partial charge in [-0.05, 0) is 49.5 Å². The minimum atomic E-state index is -0.550. The van der Waals surface area contributed by atoms with Gasteiger partial charge in [0.1, 0.15) is 0 Å². The normalized spacial score (nSPS) is 20.6. The molecule has 0 aliphatic carbocycles. The van der Waals surface area contributed by atoms with Gasteiger partial charge in [-0.3, -0.25) is 19.4 Å². The predicted octanol–water partition coefficient (Wildman–Crippen LogP) is 0.771. The van der Waals surface area contributed by atoms with E-state index in [4.69, 9.17) is 4.74 Å². The number of nitrogens with zero attached hydrogens (tertiary/aromatic N) is 3. The Kier molecular flexibility index (Phi) is 8.00. The summed E-state index contributed by atoms with van der Waals surface area (Å²) in [7, 11) is 2.13. The lowest BCUT2D eigenvalue weighted by molar-refractivity contribution is -0.139. The van der Waals surface area contributed by atoms with Crippen LogP contribution >= 0.6 is 0 Å². The number of piperidine rings is 1. The molecule has 3 aliphatic heterocycles. The van der Waals surface area contributed by atoms with Crippen LogP contribution in [0, 0.1) is 0 Å². The smallest absolute Gasteiger partial charge is 0.309 e. The molecular weight excluding hydrogens is 406 g/mol. The van der Waals surface area contributed by atoms with Crippen LogP contribution in [-0.4, -0.2) is 94.2 Å². The van der Waals surface area contributed by atoms with Crippen LogP contribution in [0.25, 0.3) is 0 Å². The second-order valence-corrected chi connectivity index (χ2v) is 9.09. The van der Waals surface area contributed by atoms with Crippen LogP contribution in [0.2, 0.25) is 0 Å². The van der Waals surface area contributed by atoms with E-state index in [0.29, 0.717) is 13.1 Å². The number of amides is 2. The number of likely N-dealkylation sites (tertiary alicyclic amines) is 1. The van der Waals surface area contributed by atoms with Crippen LogP contribution in [0.3, 0.4) is 0 Å². The van der Waals surface area contributed by atoms with E-state index < -0.39 is 11.8 Å². The second kappa shape index (κ2) is 11.1. The lowest BCUT2D eigenvalue weighted by atomic mass is 9.98. The highest BCUT2D eigenvalue weighted by Gasteiger charge is 2.26. The third kappa shape index (κ3) is 5.79. The maximum Gasteiger partial charge on any atom is 0.309 e. The Morgan fingerprint density at radius 1 is 1.00 bits per heavy atom. The molecule has 3 heterocycles. The number of hydrogen-bond donors (Lipinski definition) is 2. The van der Waals surface area contributed by atoms with Crippen molar-refractivity contribution < 1.29 is 14.3 Å². The zero-order valence-electron chi connectivity index (χ0n) is 19.3. The average Bonchev–Trinajstić information content (AvgIpc) is 3.20. The van der Waals surface area contributed by atoms with E-state index in [9.17, 15) is 9.59 Å². The number of ether oxygens (including phenoxy) is 1. The summed E-state index contributed by atoms with van der Waals surface area (Å²) in [6, 6.07) is 6.78. The van der Waals surface area contributed by atoms with Gasteiger partial charge >= 0.3 is 11.8 Å². The van der Waals surface area contributed by atoms with Gasteiger partial charge in [-0.15, -0.1) is 0 Å². The number of fused-ring (bicyclic) bond motifs is 1. The van der Waals surface area contributed by atoms with E-state index >= 15 is 0 Å². The Labute approximate surface area is 191 Å². The van der Waals surface area contributed by atoms with Crippen molar-refractivity contribution in [3.8, 4) is 0 Å². The molecule has 3 aliphatic rings. The summed E-state index contributed by atoms with van der Waals surface area (Å²) in [5.41, 5.74) is 3.91. The standard InChI is InChI=1S/C24H37N5O3/c1-27-11-7-20-17-19(5-6-21(20)27)22(29-9-3-2-4-10-29)18-26-24(31)23(30)25-8-12-28-13-15-32-16-14-28/h5-6,17,22H,2-4,7-16,18H2,1H3,(H,25,30)(H,26,31)/t22-/m1/s1. The summed E-state index contributed by atoms with van der Waals surface area (Å²) in [4.78, 5) is 31.8. The number of likely N-dealkylation sites (N-methyl/N-ethyl adjacent to an activating group) is 1. The third-order valence-corrected chi connectivity index (χ3v) is 6.93. The van der Waals surface area contributed by atoms with Gasteiger partial charge in [0.05, 0.1) is 19.3 Å². The molecule has 1 aromatic carbocycles. The summed E-state index contributed by atoms with van der Waals surface area (Å²) in [6.07, 6.45) is 4.68. The zero-order valence-corrected chi connectivity index (χ0v) is 19.3. The fourth-order valence-corrected chi connectivity index (χ4v) is 4.98. The highest BCUT2D eigenvalue weighted by Crippen LogP contribution is 2.32. The first kappa shape index (κ1) is 23.0. The molecule has 0 radical (unpaired) electrons. The maximum atomic E-state index is 12.5. The van der Waals surface area contributed by atoms with E-state index in [1.54, 1.807) is 0 Å². The third-order valence-electron chi connectivity index (χ3n) is 6.93. The summed E-state index contributed by atoms with van der Waals surface area (Å²) < 4.78 is 5.34. The Bertz CT molecular complexity index is 790. The van der Waals surface area contributed by atoms with Crippen molar-refractivity contribution in [3.63, 3.8) is 0 Å². The SMILES string of the molecule is CN1CCc2cc([C@@H](CNC(=O)C(=O)NCCN3CCOCC3)N3CCCCC3)ccc21.